The molecule has 1 fully saturated rings. The first-order valence-corrected chi connectivity index (χ1v) is 7.62. The summed E-state index contributed by atoms with van der Waals surface area (Å²) in [7, 11) is 2.06. The van der Waals surface area contributed by atoms with Gasteiger partial charge in [0.1, 0.15) is 5.82 Å². The van der Waals surface area contributed by atoms with Gasteiger partial charge in [0.25, 0.3) is 0 Å². The largest absolute Gasteiger partial charge is 0.354 e. The molecule has 0 saturated carbocycles. The van der Waals surface area contributed by atoms with E-state index >= 15 is 0 Å². The van der Waals surface area contributed by atoms with Crippen LogP contribution >= 0.6 is 15.9 Å². The van der Waals surface area contributed by atoms with Crippen LogP contribution in [-0.4, -0.2) is 22.4 Å². The Hall–Kier alpha value is -0.510. The van der Waals surface area contributed by atoms with Crippen LogP contribution in [0.1, 0.15) is 43.9 Å². The van der Waals surface area contributed by atoms with E-state index in [0.29, 0.717) is 6.04 Å². The number of aromatic nitrogens is 2. The molecule has 0 aliphatic carbocycles. The average molecular weight is 300 g/mol. The third kappa shape index (κ3) is 2.51. The first kappa shape index (κ1) is 12.9. The fourth-order valence-electron chi connectivity index (χ4n) is 2.80. The Labute approximate surface area is 112 Å². The number of alkyl halides is 1. The van der Waals surface area contributed by atoms with Gasteiger partial charge in [0.2, 0.25) is 0 Å². The van der Waals surface area contributed by atoms with Crippen LogP contribution < -0.4 is 4.90 Å². The lowest BCUT2D eigenvalue weighted by Crippen LogP contribution is -2.34. The quantitative estimate of drug-likeness (QED) is 0.781. The maximum absolute atomic E-state index is 4.57. The molecule has 0 aromatic carbocycles. The molecule has 0 radical (unpaired) electrons. The van der Waals surface area contributed by atoms with Gasteiger partial charge in [0.15, 0.2) is 0 Å². The second kappa shape index (κ2) is 5.42. The van der Waals surface area contributed by atoms with Gasteiger partial charge in [0.05, 0.1) is 5.69 Å². The van der Waals surface area contributed by atoms with Gasteiger partial charge < -0.3 is 4.90 Å². The fraction of sp³-hybridized carbons (Fsp3) is 0.769. The van der Waals surface area contributed by atoms with Crippen molar-refractivity contribution in [2.45, 2.75) is 50.9 Å². The van der Waals surface area contributed by atoms with Gasteiger partial charge in [0, 0.05) is 30.5 Å². The van der Waals surface area contributed by atoms with Gasteiger partial charge in [-0.15, -0.1) is 0 Å². The molecule has 1 unspecified atom stereocenters. The molecule has 96 valence electrons. The van der Waals surface area contributed by atoms with Crippen molar-refractivity contribution >= 4 is 21.7 Å². The lowest BCUT2D eigenvalue weighted by molar-refractivity contribution is 0.593. The van der Waals surface area contributed by atoms with Crippen LogP contribution in [0.2, 0.25) is 0 Å². The van der Waals surface area contributed by atoms with Gasteiger partial charge in [-0.1, -0.05) is 28.8 Å². The zero-order valence-electron chi connectivity index (χ0n) is 11.0. The highest BCUT2D eigenvalue weighted by molar-refractivity contribution is 9.08. The molecule has 1 aliphatic heterocycles. The van der Waals surface area contributed by atoms with Gasteiger partial charge >= 0.3 is 0 Å². The minimum atomic E-state index is 0.630. The van der Waals surface area contributed by atoms with E-state index in [4.69, 9.17) is 0 Å². The molecule has 1 aliphatic rings. The number of rotatable bonds is 2. The molecule has 2 rings (SSSR count). The Bertz CT molecular complexity index is 386. The molecule has 0 amide bonds. The number of hydrogen-bond acceptors (Lipinski definition) is 2. The lowest BCUT2D eigenvalue weighted by atomic mass is 10.1. The van der Waals surface area contributed by atoms with Crippen LogP contribution in [0.15, 0.2) is 0 Å². The first-order valence-electron chi connectivity index (χ1n) is 6.50. The highest BCUT2D eigenvalue weighted by Crippen LogP contribution is 2.30. The van der Waals surface area contributed by atoms with Crippen LogP contribution in [0, 0.1) is 6.92 Å². The second-order valence-corrected chi connectivity index (χ2v) is 5.60. The Morgan fingerprint density at radius 2 is 2.12 bits per heavy atom. The summed E-state index contributed by atoms with van der Waals surface area (Å²) in [5.74, 6) is 1.31. The van der Waals surface area contributed by atoms with Crippen molar-refractivity contribution in [2.24, 2.45) is 7.05 Å². The zero-order chi connectivity index (χ0) is 12.4. The zero-order valence-corrected chi connectivity index (χ0v) is 12.6. The van der Waals surface area contributed by atoms with Crippen LogP contribution in [0.5, 0.6) is 0 Å². The van der Waals surface area contributed by atoms with Crippen molar-refractivity contribution in [2.75, 3.05) is 11.4 Å². The maximum Gasteiger partial charge on any atom is 0.131 e. The molecule has 0 bridgehead atoms. The first-order chi connectivity index (χ1) is 8.15. The third-order valence-electron chi connectivity index (χ3n) is 3.77. The van der Waals surface area contributed by atoms with E-state index < -0.39 is 0 Å². The standard InChI is InChI=1S/C13H22BrN3/c1-10-7-5-4-6-8-17(10)13-12(9-14)11(2)15-16(13)3/h10H,4-9H2,1-3H3. The molecule has 4 heteroatoms. The number of halogens is 1. The van der Waals surface area contributed by atoms with Crippen molar-refractivity contribution in [3.63, 3.8) is 0 Å². The van der Waals surface area contributed by atoms with Crippen LogP contribution in [-0.2, 0) is 12.4 Å². The minimum Gasteiger partial charge on any atom is -0.354 e. The van der Waals surface area contributed by atoms with Crippen LogP contribution in [0.25, 0.3) is 0 Å². The Balaban J connectivity index is 2.36. The second-order valence-electron chi connectivity index (χ2n) is 5.04. The van der Waals surface area contributed by atoms with Gasteiger partial charge in [-0.2, -0.15) is 5.10 Å². The SMILES string of the molecule is Cc1nn(C)c(N2CCCCCC2C)c1CBr. The molecular formula is C13H22BrN3. The summed E-state index contributed by atoms with van der Waals surface area (Å²) >= 11 is 3.60. The number of hydrogen-bond donors (Lipinski definition) is 0. The molecular weight excluding hydrogens is 278 g/mol. The van der Waals surface area contributed by atoms with E-state index in [0.717, 1.165) is 11.0 Å². The van der Waals surface area contributed by atoms with E-state index in [9.17, 15) is 0 Å². The van der Waals surface area contributed by atoms with Crippen molar-refractivity contribution in [3.8, 4) is 0 Å². The van der Waals surface area contributed by atoms with E-state index in [-0.39, 0.29) is 0 Å². The Morgan fingerprint density at radius 3 is 2.82 bits per heavy atom. The molecule has 0 N–H and O–H groups in total. The smallest absolute Gasteiger partial charge is 0.131 e. The predicted molar refractivity (Wildman–Crippen MR) is 75.9 cm³/mol. The fourth-order valence-corrected chi connectivity index (χ4v) is 3.45. The molecule has 0 spiro atoms. The number of anilines is 1. The summed E-state index contributed by atoms with van der Waals surface area (Å²) in [4.78, 5) is 2.55. The number of nitrogens with zero attached hydrogens (tertiary/aromatic N) is 3. The predicted octanol–water partition coefficient (Wildman–Crippen LogP) is 3.39. The Morgan fingerprint density at radius 1 is 1.35 bits per heavy atom. The maximum atomic E-state index is 4.57. The Kier molecular flexibility index (Phi) is 4.13. The average Bonchev–Trinajstić information content (AvgIpc) is 2.46. The molecule has 1 atom stereocenters. The molecule has 1 saturated heterocycles. The third-order valence-corrected chi connectivity index (χ3v) is 4.33. The molecule has 3 nitrogen and oxygen atoms in total. The van der Waals surface area contributed by atoms with Crippen molar-refractivity contribution in [1.82, 2.24) is 9.78 Å². The molecule has 2 heterocycles. The monoisotopic (exact) mass is 299 g/mol. The lowest BCUT2D eigenvalue weighted by Gasteiger charge is -2.30. The summed E-state index contributed by atoms with van der Waals surface area (Å²) < 4.78 is 2.05. The topological polar surface area (TPSA) is 21.1 Å². The minimum absolute atomic E-state index is 0.630. The van der Waals surface area contributed by atoms with Gasteiger partial charge in [-0.25, -0.2) is 0 Å². The summed E-state index contributed by atoms with van der Waals surface area (Å²) in [5.41, 5.74) is 2.50. The molecule has 17 heavy (non-hydrogen) atoms. The van der Waals surface area contributed by atoms with Crippen LogP contribution in [0.4, 0.5) is 5.82 Å². The highest BCUT2D eigenvalue weighted by atomic mass is 79.9. The van der Waals surface area contributed by atoms with Gasteiger partial charge in [-0.3, -0.25) is 4.68 Å². The summed E-state index contributed by atoms with van der Waals surface area (Å²) in [6, 6.07) is 0.630. The van der Waals surface area contributed by atoms with Crippen LogP contribution in [0.3, 0.4) is 0 Å². The van der Waals surface area contributed by atoms with E-state index in [1.165, 1.54) is 43.6 Å². The molecule has 1 aromatic rings. The van der Waals surface area contributed by atoms with Gasteiger partial charge in [-0.05, 0) is 26.7 Å². The number of aryl methyl sites for hydroxylation is 2. The highest BCUT2D eigenvalue weighted by Gasteiger charge is 2.23. The summed E-state index contributed by atoms with van der Waals surface area (Å²) in [6.07, 6.45) is 5.32. The summed E-state index contributed by atoms with van der Waals surface area (Å²) in [6.45, 7) is 5.61. The van der Waals surface area contributed by atoms with E-state index in [2.05, 4.69) is 46.8 Å². The normalized spacial score (nSPS) is 21.6. The van der Waals surface area contributed by atoms with E-state index in [1.54, 1.807) is 0 Å². The van der Waals surface area contributed by atoms with Crippen molar-refractivity contribution < 1.29 is 0 Å². The van der Waals surface area contributed by atoms with Crippen molar-refractivity contribution in [3.05, 3.63) is 11.3 Å². The van der Waals surface area contributed by atoms with Crippen molar-refractivity contribution in [1.29, 1.82) is 0 Å². The molecule has 1 aromatic heterocycles. The summed E-state index contributed by atoms with van der Waals surface area (Å²) in [5, 5.41) is 5.46. The van der Waals surface area contributed by atoms with E-state index in [1.807, 2.05) is 4.68 Å².